The molecule has 1 saturated heterocycles. The van der Waals surface area contributed by atoms with Crippen molar-refractivity contribution in [2.45, 2.75) is 31.7 Å². The van der Waals surface area contributed by atoms with Crippen molar-refractivity contribution in [1.29, 1.82) is 0 Å². The fraction of sp³-hybridized carbons (Fsp3) is 0.800. The zero-order valence-corrected chi connectivity index (χ0v) is 9.12. The Morgan fingerprint density at radius 1 is 1.53 bits per heavy atom. The van der Waals surface area contributed by atoms with E-state index in [2.05, 4.69) is 20.8 Å². The summed E-state index contributed by atoms with van der Waals surface area (Å²) in [6.07, 6.45) is 4.42. The smallest absolute Gasteiger partial charge is 0.243 e. The average Bonchev–Trinajstić information content (AvgIpc) is 2.76. The minimum Gasteiger partial charge on any atom is -0.338 e. The van der Waals surface area contributed by atoms with E-state index >= 15 is 0 Å². The van der Waals surface area contributed by atoms with Crippen LogP contribution in [0.1, 0.15) is 37.0 Å². The summed E-state index contributed by atoms with van der Waals surface area (Å²) in [5, 5.41) is 10.4. The van der Waals surface area contributed by atoms with Gasteiger partial charge in [0.05, 0.1) is 6.04 Å². The Morgan fingerprint density at radius 2 is 2.47 bits per heavy atom. The molecule has 1 unspecified atom stereocenters. The Labute approximate surface area is 89.6 Å². The monoisotopic (exact) mass is 210 g/mol. The summed E-state index contributed by atoms with van der Waals surface area (Å²) in [5.41, 5.74) is 0. The first-order valence-corrected chi connectivity index (χ1v) is 5.60. The van der Waals surface area contributed by atoms with Crippen LogP contribution in [0.15, 0.2) is 4.52 Å². The highest BCUT2D eigenvalue weighted by Crippen LogP contribution is 2.20. The summed E-state index contributed by atoms with van der Waals surface area (Å²) in [5.74, 6) is 1.55. The van der Waals surface area contributed by atoms with E-state index in [1.165, 1.54) is 12.8 Å². The minimum absolute atomic E-state index is 0.273. The highest BCUT2D eigenvalue weighted by molar-refractivity contribution is 4.94. The van der Waals surface area contributed by atoms with Crippen LogP contribution < -0.4 is 10.6 Å². The van der Waals surface area contributed by atoms with Crippen LogP contribution in [0.25, 0.3) is 0 Å². The quantitative estimate of drug-likeness (QED) is 0.764. The number of hydrogen-bond acceptors (Lipinski definition) is 5. The van der Waals surface area contributed by atoms with Crippen molar-refractivity contribution >= 4 is 0 Å². The molecule has 0 radical (unpaired) electrons. The normalized spacial score (nSPS) is 21.8. The van der Waals surface area contributed by atoms with Gasteiger partial charge >= 0.3 is 0 Å². The van der Waals surface area contributed by atoms with E-state index < -0.39 is 0 Å². The van der Waals surface area contributed by atoms with Gasteiger partial charge in [0.2, 0.25) is 5.89 Å². The van der Waals surface area contributed by atoms with Crippen LogP contribution in [0.3, 0.4) is 0 Å². The van der Waals surface area contributed by atoms with Gasteiger partial charge in [-0.2, -0.15) is 4.98 Å². The van der Waals surface area contributed by atoms with Crippen LogP contribution in [0, 0.1) is 0 Å². The topological polar surface area (TPSA) is 63.0 Å². The number of piperidine rings is 1. The Balaban J connectivity index is 1.93. The molecule has 0 saturated carbocycles. The van der Waals surface area contributed by atoms with Crippen molar-refractivity contribution in [2.75, 3.05) is 20.1 Å². The van der Waals surface area contributed by atoms with E-state index in [9.17, 15) is 0 Å². The Hall–Kier alpha value is -0.940. The van der Waals surface area contributed by atoms with E-state index in [4.69, 9.17) is 4.52 Å². The van der Waals surface area contributed by atoms with Gasteiger partial charge in [-0.05, 0) is 26.4 Å². The van der Waals surface area contributed by atoms with E-state index in [-0.39, 0.29) is 6.04 Å². The van der Waals surface area contributed by atoms with Gasteiger partial charge in [0.1, 0.15) is 0 Å². The highest BCUT2D eigenvalue weighted by atomic mass is 16.5. The fourth-order valence-corrected chi connectivity index (χ4v) is 1.81. The predicted octanol–water partition coefficient (Wildman–Crippen LogP) is 0.646. The number of aromatic nitrogens is 2. The lowest BCUT2D eigenvalue weighted by Gasteiger charge is -2.19. The second kappa shape index (κ2) is 5.23. The first-order valence-electron chi connectivity index (χ1n) is 5.60. The molecule has 1 aromatic heterocycles. The molecule has 5 nitrogen and oxygen atoms in total. The minimum atomic E-state index is 0.273. The molecule has 0 spiro atoms. The lowest BCUT2D eigenvalue weighted by molar-refractivity contribution is 0.296. The van der Waals surface area contributed by atoms with Crippen molar-refractivity contribution < 1.29 is 4.52 Å². The molecular weight excluding hydrogens is 192 g/mol. The first kappa shape index (κ1) is 10.6. The van der Waals surface area contributed by atoms with Gasteiger partial charge in [-0.25, -0.2) is 0 Å². The summed E-state index contributed by atoms with van der Waals surface area (Å²) < 4.78 is 5.25. The molecule has 2 N–H and O–H groups in total. The van der Waals surface area contributed by atoms with Gasteiger partial charge in [-0.15, -0.1) is 0 Å². The Kier molecular flexibility index (Phi) is 3.69. The van der Waals surface area contributed by atoms with Gasteiger partial charge in [0, 0.05) is 13.0 Å². The van der Waals surface area contributed by atoms with Gasteiger partial charge in [-0.1, -0.05) is 11.6 Å². The van der Waals surface area contributed by atoms with E-state index in [0.717, 1.165) is 37.6 Å². The van der Waals surface area contributed by atoms with Gasteiger partial charge in [0.15, 0.2) is 5.82 Å². The molecule has 0 aromatic carbocycles. The van der Waals surface area contributed by atoms with Crippen LogP contribution in [-0.4, -0.2) is 30.3 Å². The van der Waals surface area contributed by atoms with Crippen molar-refractivity contribution in [3.8, 4) is 0 Å². The van der Waals surface area contributed by atoms with E-state index in [0.29, 0.717) is 0 Å². The van der Waals surface area contributed by atoms with Crippen molar-refractivity contribution in [3.63, 3.8) is 0 Å². The van der Waals surface area contributed by atoms with Gasteiger partial charge < -0.3 is 15.2 Å². The third-order valence-corrected chi connectivity index (χ3v) is 2.69. The van der Waals surface area contributed by atoms with Crippen LogP contribution in [0.2, 0.25) is 0 Å². The zero-order chi connectivity index (χ0) is 10.5. The van der Waals surface area contributed by atoms with Crippen molar-refractivity contribution in [1.82, 2.24) is 20.8 Å². The Bertz CT molecular complexity index is 293. The van der Waals surface area contributed by atoms with Crippen molar-refractivity contribution in [3.05, 3.63) is 11.7 Å². The van der Waals surface area contributed by atoms with Crippen LogP contribution >= 0.6 is 0 Å². The SMILES string of the molecule is CNCCc1noc(C2CCCCN2)n1. The summed E-state index contributed by atoms with van der Waals surface area (Å²) in [7, 11) is 1.92. The molecule has 2 heterocycles. The predicted molar refractivity (Wildman–Crippen MR) is 56.5 cm³/mol. The molecule has 1 atom stereocenters. The lowest BCUT2D eigenvalue weighted by Crippen LogP contribution is -2.27. The average molecular weight is 210 g/mol. The first-order chi connectivity index (χ1) is 7.40. The summed E-state index contributed by atoms with van der Waals surface area (Å²) in [6, 6.07) is 0.273. The number of nitrogens with zero attached hydrogens (tertiary/aromatic N) is 2. The maximum Gasteiger partial charge on any atom is 0.243 e. The number of likely N-dealkylation sites (N-methyl/N-ethyl adjacent to an activating group) is 1. The third-order valence-electron chi connectivity index (χ3n) is 2.69. The molecule has 0 amide bonds. The molecule has 15 heavy (non-hydrogen) atoms. The number of hydrogen-bond donors (Lipinski definition) is 2. The molecule has 2 rings (SSSR count). The molecule has 0 aliphatic carbocycles. The van der Waals surface area contributed by atoms with Crippen molar-refractivity contribution in [2.24, 2.45) is 0 Å². The Morgan fingerprint density at radius 3 is 3.20 bits per heavy atom. The zero-order valence-electron chi connectivity index (χ0n) is 9.12. The molecule has 5 heteroatoms. The van der Waals surface area contributed by atoms with E-state index in [1.54, 1.807) is 0 Å². The molecule has 1 fully saturated rings. The lowest BCUT2D eigenvalue weighted by atomic mass is 10.1. The molecule has 84 valence electrons. The van der Waals surface area contributed by atoms with Crippen LogP contribution in [0.4, 0.5) is 0 Å². The number of nitrogens with one attached hydrogen (secondary N) is 2. The second-order valence-corrected chi connectivity index (χ2v) is 3.90. The summed E-state index contributed by atoms with van der Waals surface area (Å²) in [4.78, 5) is 4.39. The largest absolute Gasteiger partial charge is 0.338 e. The maximum absolute atomic E-state index is 5.25. The maximum atomic E-state index is 5.25. The second-order valence-electron chi connectivity index (χ2n) is 3.90. The van der Waals surface area contributed by atoms with E-state index in [1.807, 2.05) is 7.05 Å². The molecule has 1 aromatic rings. The van der Waals surface area contributed by atoms with Crippen LogP contribution in [0.5, 0.6) is 0 Å². The number of rotatable bonds is 4. The molecular formula is C10H18N4O. The van der Waals surface area contributed by atoms with Gasteiger partial charge in [0.25, 0.3) is 0 Å². The molecule has 1 aliphatic heterocycles. The summed E-state index contributed by atoms with van der Waals surface area (Å²) >= 11 is 0. The summed E-state index contributed by atoms with van der Waals surface area (Å²) in [6.45, 7) is 1.94. The third kappa shape index (κ3) is 2.76. The standard InChI is InChI=1S/C10H18N4O/c1-11-7-5-9-13-10(15-14-9)8-4-2-3-6-12-8/h8,11-12H,2-7H2,1H3. The fourth-order valence-electron chi connectivity index (χ4n) is 1.81. The van der Waals surface area contributed by atoms with Crippen LogP contribution in [-0.2, 0) is 6.42 Å². The molecule has 1 aliphatic rings. The highest BCUT2D eigenvalue weighted by Gasteiger charge is 2.20. The van der Waals surface area contributed by atoms with Gasteiger partial charge in [-0.3, -0.25) is 0 Å². The molecule has 0 bridgehead atoms.